The third kappa shape index (κ3) is 3.20. The number of fused-ring (bicyclic) bond motifs is 1. The van der Waals surface area contributed by atoms with Crippen molar-refractivity contribution in [2.24, 2.45) is 0 Å². The molecule has 3 rings (SSSR count). The minimum absolute atomic E-state index is 0.106. The molecule has 0 bridgehead atoms. The van der Waals surface area contributed by atoms with E-state index < -0.39 is 10.0 Å². The molecule has 1 heterocycles. The van der Waals surface area contributed by atoms with E-state index in [1.54, 1.807) is 17.0 Å². The second-order valence-electron chi connectivity index (χ2n) is 5.76. The van der Waals surface area contributed by atoms with Crippen molar-refractivity contribution in [2.45, 2.75) is 24.7 Å². The van der Waals surface area contributed by atoms with Gasteiger partial charge in [-0.15, -0.1) is 0 Å². The predicted molar refractivity (Wildman–Crippen MR) is 93.7 cm³/mol. The molecule has 24 heavy (non-hydrogen) atoms. The maximum absolute atomic E-state index is 12.7. The molecule has 0 aromatic heterocycles. The molecule has 1 N–H and O–H groups in total. The highest BCUT2D eigenvalue weighted by Crippen LogP contribution is 2.29. The number of carbonyl (C=O) groups is 1. The highest BCUT2D eigenvalue weighted by atomic mass is 32.2. The van der Waals surface area contributed by atoms with Crippen LogP contribution in [0.5, 0.6) is 0 Å². The van der Waals surface area contributed by atoms with Crippen LogP contribution in [0.3, 0.4) is 0 Å². The van der Waals surface area contributed by atoms with Gasteiger partial charge in [-0.3, -0.25) is 4.79 Å². The minimum Gasteiger partial charge on any atom is -0.308 e. The van der Waals surface area contributed by atoms with Gasteiger partial charge in [-0.1, -0.05) is 25.1 Å². The Labute approximate surface area is 142 Å². The number of nitrogens with one attached hydrogen (secondary N) is 1. The number of rotatable bonds is 5. The lowest BCUT2D eigenvalue weighted by Gasteiger charge is -2.17. The molecule has 0 radical (unpaired) electrons. The van der Waals surface area contributed by atoms with Crippen LogP contribution in [-0.4, -0.2) is 27.4 Å². The van der Waals surface area contributed by atoms with Gasteiger partial charge in [0.15, 0.2) is 0 Å². The second kappa shape index (κ2) is 6.75. The zero-order valence-electron chi connectivity index (χ0n) is 13.5. The van der Waals surface area contributed by atoms with E-state index in [0.29, 0.717) is 18.7 Å². The van der Waals surface area contributed by atoms with E-state index in [1.165, 1.54) is 12.1 Å². The van der Waals surface area contributed by atoms with E-state index in [0.717, 1.165) is 24.1 Å². The van der Waals surface area contributed by atoms with E-state index in [1.807, 2.05) is 31.2 Å². The number of nitrogens with zero attached hydrogens (tertiary/aromatic N) is 1. The molecule has 6 heteroatoms. The number of anilines is 1. The quantitative estimate of drug-likeness (QED) is 0.906. The first-order valence-corrected chi connectivity index (χ1v) is 9.51. The van der Waals surface area contributed by atoms with Gasteiger partial charge in [0.25, 0.3) is 5.91 Å². The third-order valence-electron chi connectivity index (χ3n) is 4.09. The van der Waals surface area contributed by atoms with Crippen molar-refractivity contribution in [1.29, 1.82) is 0 Å². The van der Waals surface area contributed by atoms with Crippen LogP contribution < -0.4 is 9.62 Å². The molecule has 2 aromatic rings. The Balaban J connectivity index is 1.81. The van der Waals surface area contributed by atoms with Crippen LogP contribution in [0.25, 0.3) is 0 Å². The van der Waals surface area contributed by atoms with Crippen LogP contribution >= 0.6 is 0 Å². The lowest BCUT2D eigenvalue weighted by atomic mass is 10.1. The van der Waals surface area contributed by atoms with Gasteiger partial charge in [-0.2, -0.15) is 0 Å². The average Bonchev–Trinajstić information content (AvgIpc) is 3.03. The molecule has 5 nitrogen and oxygen atoms in total. The summed E-state index contributed by atoms with van der Waals surface area (Å²) in [7, 11) is -3.51. The average molecular weight is 344 g/mol. The van der Waals surface area contributed by atoms with Crippen LogP contribution in [0.15, 0.2) is 53.4 Å². The number of amides is 1. The zero-order chi connectivity index (χ0) is 17.2. The second-order valence-corrected chi connectivity index (χ2v) is 7.52. The van der Waals surface area contributed by atoms with Crippen LogP contribution in [0, 0.1) is 0 Å². The SMILES string of the molecule is CCCNS(=O)(=O)c1ccc(C(=O)N2CCc3ccccc32)cc1. The van der Waals surface area contributed by atoms with Crippen molar-refractivity contribution in [3.05, 3.63) is 59.7 Å². The van der Waals surface area contributed by atoms with E-state index >= 15 is 0 Å². The van der Waals surface area contributed by atoms with Crippen LogP contribution in [-0.2, 0) is 16.4 Å². The highest BCUT2D eigenvalue weighted by Gasteiger charge is 2.25. The Morgan fingerprint density at radius 3 is 2.54 bits per heavy atom. The summed E-state index contributed by atoms with van der Waals surface area (Å²) in [5, 5.41) is 0. The third-order valence-corrected chi connectivity index (χ3v) is 5.56. The topological polar surface area (TPSA) is 66.5 Å². The number of carbonyl (C=O) groups excluding carboxylic acids is 1. The van der Waals surface area contributed by atoms with Crippen LogP contribution in [0.2, 0.25) is 0 Å². The molecule has 1 aliphatic rings. The molecule has 0 spiro atoms. The van der Waals surface area contributed by atoms with Crippen molar-refractivity contribution in [3.8, 4) is 0 Å². The van der Waals surface area contributed by atoms with E-state index in [4.69, 9.17) is 0 Å². The van der Waals surface area contributed by atoms with Gasteiger partial charge < -0.3 is 4.90 Å². The van der Waals surface area contributed by atoms with Crippen LogP contribution in [0.1, 0.15) is 29.3 Å². The first-order chi connectivity index (χ1) is 11.5. The maximum atomic E-state index is 12.7. The minimum atomic E-state index is -3.51. The standard InChI is InChI=1S/C18H20N2O3S/c1-2-12-19-24(22,23)16-9-7-15(8-10-16)18(21)20-13-11-14-5-3-4-6-17(14)20/h3-10,19H,2,11-13H2,1H3. The molecule has 0 unspecified atom stereocenters. The Kier molecular flexibility index (Phi) is 4.69. The fourth-order valence-electron chi connectivity index (χ4n) is 2.80. The summed E-state index contributed by atoms with van der Waals surface area (Å²) in [6.45, 7) is 2.95. The van der Waals surface area contributed by atoms with Crippen molar-refractivity contribution in [1.82, 2.24) is 4.72 Å². The Hall–Kier alpha value is -2.18. The van der Waals surface area contributed by atoms with Crippen molar-refractivity contribution in [3.63, 3.8) is 0 Å². The summed E-state index contributed by atoms with van der Waals surface area (Å²) in [4.78, 5) is 14.6. The van der Waals surface area contributed by atoms with Gasteiger partial charge in [0.1, 0.15) is 0 Å². The Morgan fingerprint density at radius 1 is 1.12 bits per heavy atom. The summed E-state index contributed by atoms with van der Waals surface area (Å²) in [6.07, 6.45) is 1.57. The predicted octanol–water partition coefficient (Wildman–Crippen LogP) is 2.58. The Bertz CT molecular complexity index is 845. The summed E-state index contributed by atoms with van der Waals surface area (Å²) < 4.78 is 26.7. The lowest BCUT2D eigenvalue weighted by molar-refractivity contribution is 0.0989. The summed E-state index contributed by atoms with van der Waals surface area (Å²) >= 11 is 0. The van der Waals surface area contributed by atoms with Crippen LogP contribution in [0.4, 0.5) is 5.69 Å². The molecule has 126 valence electrons. The van der Waals surface area contributed by atoms with Crippen molar-refractivity contribution < 1.29 is 13.2 Å². The smallest absolute Gasteiger partial charge is 0.258 e. The molecule has 0 fully saturated rings. The fraction of sp³-hybridized carbons (Fsp3) is 0.278. The van der Waals surface area contributed by atoms with Crippen molar-refractivity contribution in [2.75, 3.05) is 18.0 Å². The van der Waals surface area contributed by atoms with Gasteiger partial charge in [-0.25, -0.2) is 13.1 Å². The first kappa shape index (κ1) is 16.7. The first-order valence-electron chi connectivity index (χ1n) is 8.02. The molecule has 2 aromatic carbocycles. The van der Waals surface area contributed by atoms with E-state index in [2.05, 4.69) is 4.72 Å². The van der Waals surface area contributed by atoms with Gasteiger partial charge in [0.05, 0.1) is 4.90 Å². The number of hydrogen-bond donors (Lipinski definition) is 1. The normalized spacial score (nSPS) is 13.8. The summed E-state index contributed by atoms with van der Waals surface area (Å²) in [6, 6.07) is 14.0. The number of benzene rings is 2. The maximum Gasteiger partial charge on any atom is 0.258 e. The molecular formula is C18H20N2O3S. The zero-order valence-corrected chi connectivity index (χ0v) is 14.3. The summed E-state index contributed by atoms with van der Waals surface area (Å²) in [5.41, 5.74) is 2.58. The molecular weight excluding hydrogens is 324 g/mol. The van der Waals surface area contributed by atoms with Gasteiger partial charge in [0.2, 0.25) is 10.0 Å². The number of para-hydroxylation sites is 1. The van der Waals surface area contributed by atoms with Gasteiger partial charge in [-0.05, 0) is 48.7 Å². The van der Waals surface area contributed by atoms with E-state index in [-0.39, 0.29) is 10.8 Å². The molecule has 1 aliphatic heterocycles. The Morgan fingerprint density at radius 2 is 1.83 bits per heavy atom. The number of sulfonamides is 1. The molecule has 0 atom stereocenters. The number of hydrogen-bond acceptors (Lipinski definition) is 3. The fourth-order valence-corrected chi connectivity index (χ4v) is 3.94. The highest BCUT2D eigenvalue weighted by molar-refractivity contribution is 7.89. The largest absolute Gasteiger partial charge is 0.308 e. The molecule has 0 saturated carbocycles. The van der Waals surface area contributed by atoms with Gasteiger partial charge >= 0.3 is 0 Å². The molecule has 0 saturated heterocycles. The van der Waals surface area contributed by atoms with Crippen molar-refractivity contribution >= 4 is 21.6 Å². The van der Waals surface area contributed by atoms with E-state index in [9.17, 15) is 13.2 Å². The lowest BCUT2D eigenvalue weighted by Crippen LogP contribution is -2.29. The van der Waals surface area contributed by atoms with Gasteiger partial charge in [0, 0.05) is 24.3 Å². The molecule has 1 amide bonds. The monoisotopic (exact) mass is 344 g/mol. The summed E-state index contributed by atoms with van der Waals surface area (Å²) in [5.74, 6) is -0.106. The molecule has 0 aliphatic carbocycles.